The fourth-order valence-electron chi connectivity index (χ4n) is 2.47. The molecule has 0 bridgehead atoms. The van der Waals surface area contributed by atoms with E-state index < -0.39 is 0 Å². The van der Waals surface area contributed by atoms with Crippen LogP contribution in [0.5, 0.6) is 0 Å². The average Bonchev–Trinajstić information content (AvgIpc) is 2.57. The number of aryl methyl sites for hydroxylation is 1. The van der Waals surface area contributed by atoms with Crippen molar-refractivity contribution in [3.05, 3.63) is 70.8 Å². The van der Waals surface area contributed by atoms with Gasteiger partial charge in [-0.2, -0.15) is 0 Å². The van der Waals surface area contributed by atoms with Gasteiger partial charge < -0.3 is 4.79 Å². The molecule has 110 valence electrons. The lowest BCUT2D eigenvalue weighted by atomic mass is 10.1. The third-order valence-corrected chi connectivity index (χ3v) is 3.67. The van der Waals surface area contributed by atoms with Gasteiger partial charge in [-0.15, -0.1) is 0 Å². The second-order valence-electron chi connectivity index (χ2n) is 5.16. The normalized spacial score (nSPS) is 10.7. The molecule has 1 aromatic heterocycles. The summed E-state index contributed by atoms with van der Waals surface area (Å²) in [6, 6.07) is 15.1. The molecule has 0 atom stereocenters. The number of hydrogen-bond donors (Lipinski definition) is 0. The van der Waals surface area contributed by atoms with E-state index in [1.54, 1.807) is 17.0 Å². The lowest BCUT2D eigenvalue weighted by molar-refractivity contribution is -0.107. The van der Waals surface area contributed by atoms with Gasteiger partial charge in [-0.1, -0.05) is 24.3 Å². The molecule has 4 nitrogen and oxygen atoms in total. The lowest BCUT2D eigenvalue weighted by Crippen LogP contribution is -2.18. The summed E-state index contributed by atoms with van der Waals surface area (Å²) in [4.78, 5) is 27.2. The number of nitrogens with zero attached hydrogens (tertiary/aromatic N) is 2. The SMILES string of the molecule is O=CCCCc1ccc(-n2cnc3ccccc3c2=O)cc1. The molecule has 3 rings (SSSR count). The van der Waals surface area contributed by atoms with Crippen molar-refractivity contribution in [3.63, 3.8) is 0 Å². The first-order valence-electron chi connectivity index (χ1n) is 7.29. The van der Waals surface area contributed by atoms with Crippen LogP contribution < -0.4 is 5.56 Å². The Balaban J connectivity index is 1.92. The predicted molar refractivity (Wildman–Crippen MR) is 86.3 cm³/mol. The molecular formula is C18H16N2O2. The number of carbonyl (C=O) groups excluding carboxylic acids is 1. The molecule has 1 heterocycles. The molecule has 0 saturated heterocycles. The van der Waals surface area contributed by atoms with Gasteiger partial charge in [-0.3, -0.25) is 9.36 Å². The van der Waals surface area contributed by atoms with Gasteiger partial charge in [0.15, 0.2) is 0 Å². The van der Waals surface area contributed by atoms with E-state index in [0.717, 1.165) is 30.4 Å². The second-order valence-corrected chi connectivity index (χ2v) is 5.16. The lowest BCUT2D eigenvalue weighted by Gasteiger charge is -2.07. The quantitative estimate of drug-likeness (QED) is 0.536. The number of para-hydroxylation sites is 1. The van der Waals surface area contributed by atoms with Gasteiger partial charge in [-0.05, 0) is 42.7 Å². The van der Waals surface area contributed by atoms with Gasteiger partial charge in [0.25, 0.3) is 5.56 Å². The zero-order chi connectivity index (χ0) is 15.4. The minimum absolute atomic E-state index is 0.0701. The largest absolute Gasteiger partial charge is 0.303 e. The highest BCUT2D eigenvalue weighted by molar-refractivity contribution is 5.77. The molecule has 0 aliphatic rings. The second kappa shape index (κ2) is 6.35. The molecule has 0 radical (unpaired) electrons. The molecule has 0 aliphatic heterocycles. The highest BCUT2D eigenvalue weighted by Gasteiger charge is 2.05. The van der Waals surface area contributed by atoms with Gasteiger partial charge in [0.05, 0.1) is 16.6 Å². The Bertz CT molecular complexity index is 851. The number of fused-ring (bicyclic) bond motifs is 1. The van der Waals surface area contributed by atoms with Crippen molar-refractivity contribution in [3.8, 4) is 5.69 Å². The van der Waals surface area contributed by atoms with Gasteiger partial charge in [0, 0.05) is 6.42 Å². The summed E-state index contributed by atoms with van der Waals surface area (Å²) in [5, 5.41) is 0.611. The molecule has 0 saturated carbocycles. The molecule has 3 aromatic rings. The fourth-order valence-corrected chi connectivity index (χ4v) is 2.47. The standard InChI is InChI=1S/C18H16N2O2/c21-12-4-3-5-14-8-10-15(11-9-14)20-13-19-17-7-2-1-6-16(17)18(20)22/h1-2,6-13H,3-5H2. The van der Waals surface area contributed by atoms with Crippen molar-refractivity contribution in [2.24, 2.45) is 0 Å². The number of carbonyl (C=O) groups is 1. The third-order valence-electron chi connectivity index (χ3n) is 3.67. The highest BCUT2D eigenvalue weighted by atomic mass is 16.1. The van der Waals surface area contributed by atoms with E-state index in [1.807, 2.05) is 42.5 Å². The van der Waals surface area contributed by atoms with Crippen molar-refractivity contribution in [2.45, 2.75) is 19.3 Å². The van der Waals surface area contributed by atoms with Crippen molar-refractivity contribution in [1.82, 2.24) is 9.55 Å². The summed E-state index contributed by atoms with van der Waals surface area (Å²) in [6.07, 6.45) is 4.79. The van der Waals surface area contributed by atoms with Crippen molar-refractivity contribution in [1.29, 1.82) is 0 Å². The van der Waals surface area contributed by atoms with Crippen LogP contribution >= 0.6 is 0 Å². The molecule has 0 amide bonds. The van der Waals surface area contributed by atoms with E-state index in [4.69, 9.17) is 0 Å². The number of aromatic nitrogens is 2. The minimum atomic E-state index is -0.0701. The van der Waals surface area contributed by atoms with E-state index in [2.05, 4.69) is 4.98 Å². The number of unbranched alkanes of at least 4 members (excludes halogenated alkanes) is 1. The maximum absolute atomic E-state index is 12.5. The number of hydrogen-bond acceptors (Lipinski definition) is 3. The highest BCUT2D eigenvalue weighted by Crippen LogP contribution is 2.12. The molecule has 0 spiro atoms. The smallest absolute Gasteiger partial charge is 0.265 e. The number of benzene rings is 2. The van der Waals surface area contributed by atoms with Crippen LogP contribution in [0.2, 0.25) is 0 Å². The average molecular weight is 292 g/mol. The first-order valence-corrected chi connectivity index (χ1v) is 7.29. The van der Waals surface area contributed by atoms with E-state index >= 15 is 0 Å². The van der Waals surface area contributed by atoms with Gasteiger partial charge >= 0.3 is 0 Å². The molecule has 0 unspecified atom stereocenters. The van der Waals surface area contributed by atoms with Gasteiger partial charge in [0.2, 0.25) is 0 Å². The van der Waals surface area contributed by atoms with Crippen LogP contribution in [0.4, 0.5) is 0 Å². The van der Waals surface area contributed by atoms with Crippen LogP contribution in [-0.2, 0) is 11.2 Å². The molecule has 4 heteroatoms. The fraction of sp³-hybridized carbons (Fsp3) is 0.167. The van der Waals surface area contributed by atoms with E-state index in [0.29, 0.717) is 17.3 Å². The molecule has 0 aliphatic carbocycles. The summed E-state index contributed by atoms with van der Waals surface area (Å²) >= 11 is 0. The Morgan fingerprint density at radius 2 is 1.82 bits per heavy atom. The van der Waals surface area contributed by atoms with Gasteiger partial charge in [-0.25, -0.2) is 4.98 Å². The van der Waals surface area contributed by atoms with Crippen molar-refractivity contribution < 1.29 is 4.79 Å². The molecular weight excluding hydrogens is 276 g/mol. The Kier molecular flexibility index (Phi) is 4.10. The Morgan fingerprint density at radius 1 is 1.05 bits per heavy atom. The molecule has 22 heavy (non-hydrogen) atoms. The molecule has 2 aromatic carbocycles. The summed E-state index contributed by atoms with van der Waals surface area (Å²) in [6.45, 7) is 0. The van der Waals surface area contributed by atoms with Crippen LogP contribution in [0.15, 0.2) is 59.7 Å². The minimum Gasteiger partial charge on any atom is -0.303 e. The van der Waals surface area contributed by atoms with Crippen LogP contribution in [0.25, 0.3) is 16.6 Å². The first-order chi connectivity index (χ1) is 10.8. The van der Waals surface area contributed by atoms with E-state index in [1.165, 1.54) is 0 Å². The zero-order valence-corrected chi connectivity index (χ0v) is 12.1. The van der Waals surface area contributed by atoms with Crippen molar-refractivity contribution >= 4 is 17.2 Å². The monoisotopic (exact) mass is 292 g/mol. The number of aldehydes is 1. The van der Waals surface area contributed by atoms with Crippen LogP contribution in [0.1, 0.15) is 18.4 Å². The maximum Gasteiger partial charge on any atom is 0.265 e. The third kappa shape index (κ3) is 2.81. The van der Waals surface area contributed by atoms with E-state index in [9.17, 15) is 9.59 Å². The summed E-state index contributed by atoms with van der Waals surface area (Å²) in [5.74, 6) is 0. The van der Waals surface area contributed by atoms with Gasteiger partial charge in [0.1, 0.15) is 12.6 Å². The van der Waals surface area contributed by atoms with E-state index in [-0.39, 0.29) is 5.56 Å². The van der Waals surface area contributed by atoms with Crippen LogP contribution in [0.3, 0.4) is 0 Å². The molecule has 0 fully saturated rings. The molecule has 0 N–H and O–H groups in total. The van der Waals surface area contributed by atoms with Crippen LogP contribution in [-0.4, -0.2) is 15.8 Å². The Morgan fingerprint density at radius 3 is 2.59 bits per heavy atom. The maximum atomic E-state index is 12.5. The van der Waals surface area contributed by atoms with Crippen LogP contribution in [0, 0.1) is 0 Å². The first kappa shape index (κ1) is 14.2. The van der Waals surface area contributed by atoms with Crippen molar-refractivity contribution in [2.75, 3.05) is 0 Å². The Hall–Kier alpha value is -2.75. The predicted octanol–water partition coefficient (Wildman–Crippen LogP) is 2.91. The Labute approximate surface area is 128 Å². The zero-order valence-electron chi connectivity index (χ0n) is 12.1. The summed E-state index contributed by atoms with van der Waals surface area (Å²) in [7, 11) is 0. The topological polar surface area (TPSA) is 52.0 Å². The summed E-state index contributed by atoms with van der Waals surface area (Å²) < 4.78 is 1.55. The summed E-state index contributed by atoms with van der Waals surface area (Å²) in [5.41, 5.74) is 2.59. The number of rotatable bonds is 5.